The summed E-state index contributed by atoms with van der Waals surface area (Å²) in [5, 5.41) is 0. The fraction of sp³-hybridized carbons (Fsp3) is 0.435. The number of ether oxygens (including phenoxy) is 2. The highest BCUT2D eigenvalue weighted by molar-refractivity contribution is 7.92. The van der Waals surface area contributed by atoms with Crippen LogP contribution in [0.1, 0.15) is 46.8 Å². The third-order valence-electron chi connectivity index (χ3n) is 6.11. The topological polar surface area (TPSA) is 76.2 Å². The number of carbonyl (C=O) groups is 1. The molecule has 1 saturated heterocycles. The molecule has 1 fully saturated rings. The molecule has 7 nitrogen and oxygen atoms in total. The first-order valence-electron chi connectivity index (χ1n) is 10.5. The monoisotopic (exact) mass is 444 g/mol. The van der Waals surface area contributed by atoms with Gasteiger partial charge in [0, 0.05) is 18.7 Å². The average molecular weight is 445 g/mol. The Morgan fingerprint density at radius 2 is 1.77 bits per heavy atom. The van der Waals surface area contributed by atoms with Crippen molar-refractivity contribution in [1.82, 2.24) is 4.90 Å². The normalized spacial score (nSPS) is 18.6. The van der Waals surface area contributed by atoms with Gasteiger partial charge in [-0.3, -0.25) is 9.10 Å². The molecule has 2 heterocycles. The summed E-state index contributed by atoms with van der Waals surface area (Å²) < 4.78 is 36.4. The Labute approximate surface area is 183 Å². The summed E-state index contributed by atoms with van der Waals surface area (Å²) in [6, 6.07) is 11.1. The number of fused-ring (bicyclic) bond motifs is 1. The first-order valence-corrected chi connectivity index (χ1v) is 12.3. The van der Waals surface area contributed by atoms with Gasteiger partial charge >= 0.3 is 0 Å². The maximum Gasteiger partial charge on any atom is 0.254 e. The van der Waals surface area contributed by atoms with Gasteiger partial charge in [0.25, 0.3) is 5.91 Å². The van der Waals surface area contributed by atoms with Crippen LogP contribution in [0.15, 0.2) is 36.4 Å². The van der Waals surface area contributed by atoms with E-state index in [1.54, 1.807) is 26.4 Å². The lowest BCUT2D eigenvalue weighted by Gasteiger charge is -2.30. The van der Waals surface area contributed by atoms with Crippen LogP contribution >= 0.6 is 0 Å². The molecule has 1 unspecified atom stereocenters. The van der Waals surface area contributed by atoms with Crippen molar-refractivity contribution in [2.75, 3.05) is 37.9 Å². The molecule has 0 aliphatic carbocycles. The molecule has 31 heavy (non-hydrogen) atoms. The minimum absolute atomic E-state index is 0.0310. The van der Waals surface area contributed by atoms with E-state index in [0.717, 1.165) is 36.8 Å². The lowest BCUT2D eigenvalue weighted by molar-refractivity contribution is 0.0735. The Bertz CT molecular complexity index is 1100. The van der Waals surface area contributed by atoms with Gasteiger partial charge in [-0.15, -0.1) is 0 Å². The van der Waals surface area contributed by atoms with Crippen LogP contribution in [0.2, 0.25) is 0 Å². The van der Waals surface area contributed by atoms with Gasteiger partial charge in [-0.2, -0.15) is 0 Å². The van der Waals surface area contributed by atoms with E-state index in [1.165, 1.54) is 10.6 Å². The van der Waals surface area contributed by atoms with Gasteiger partial charge in [0.1, 0.15) is 0 Å². The van der Waals surface area contributed by atoms with E-state index in [9.17, 15) is 13.2 Å². The summed E-state index contributed by atoms with van der Waals surface area (Å²) in [7, 11) is -0.125. The lowest BCUT2D eigenvalue weighted by atomic mass is 9.99. The molecule has 1 amide bonds. The van der Waals surface area contributed by atoms with Crippen molar-refractivity contribution in [1.29, 1.82) is 0 Å². The van der Waals surface area contributed by atoms with Gasteiger partial charge in [-0.1, -0.05) is 6.07 Å². The number of aryl methyl sites for hydroxylation is 1. The molecule has 8 heteroatoms. The van der Waals surface area contributed by atoms with Gasteiger partial charge in [0.15, 0.2) is 11.5 Å². The zero-order valence-electron chi connectivity index (χ0n) is 18.1. The highest BCUT2D eigenvalue weighted by Gasteiger charge is 2.32. The Balaban J connectivity index is 1.62. The fourth-order valence-corrected chi connectivity index (χ4v) is 5.62. The Morgan fingerprint density at radius 3 is 2.48 bits per heavy atom. The van der Waals surface area contributed by atoms with Crippen molar-refractivity contribution in [2.24, 2.45) is 0 Å². The molecule has 0 bridgehead atoms. The molecule has 0 spiro atoms. The number of hydrogen-bond donors (Lipinski definition) is 0. The molecule has 166 valence electrons. The van der Waals surface area contributed by atoms with Crippen LogP contribution < -0.4 is 13.8 Å². The molecule has 2 aromatic rings. The molecular weight excluding hydrogens is 416 g/mol. The van der Waals surface area contributed by atoms with E-state index in [2.05, 4.69) is 0 Å². The summed E-state index contributed by atoms with van der Waals surface area (Å²) in [5.74, 6) is 1.28. The number of methoxy groups -OCH3 is 2. The summed E-state index contributed by atoms with van der Waals surface area (Å²) in [4.78, 5) is 15.3. The Hall–Kier alpha value is -2.74. The molecule has 2 aliphatic rings. The van der Waals surface area contributed by atoms with E-state index in [1.807, 2.05) is 29.2 Å². The highest BCUT2D eigenvalue weighted by Crippen LogP contribution is 2.38. The molecule has 2 aromatic carbocycles. The van der Waals surface area contributed by atoms with Crippen LogP contribution in [0.5, 0.6) is 11.5 Å². The number of hydrogen-bond acceptors (Lipinski definition) is 5. The van der Waals surface area contributed by atoms with E-state index in [0.29, 0.717) is 35.8 Å². The first-order chi connectivity index (χ1) is 14.8. The van der Waals surface area contributed by atoms with Gasteiger partial charge in [-0.25, -0.2) is 8.42 Å². The van der Waals surface area contributed by atoms with E-state index in [-0.39, 0.29) is 11.9 Å². The maximum atomic E-state index is 13.4. The van der Waals surface area contributed by atoms with Crippen molar-refractivity contribution in [3.05, 3.63) is 53.1 Å². The third-order valence-corrected chi connectivity index (χ3v) is 7.29. The minimum Gasteiger partial charge on any atom is -0.493 e. The van der Waals surface area contributed by atoms with Gasteiger partial charge < -0.3 is 14.4 Å². The third kappa shape index (κ3) is 4.08. The predicted octanol–water partition coefficient (Wildman–Crippen LogP) is 3.39. The number of anilines is 1. The van der Waals surface area contributed by atoms with Crippen molar-refractivity contribution in [3.8, 4) is 11.5 Å². The number of rotatable bonds is 5. The molecule has 0 N–H and O–H groups in total. The van der Waals surface area contributed by atoms with Gasteiger partial charge in [0.2, 0.25) is 10.0 Å². The predicted molar refractivity (Wildman–Crippen MR) is 120 cm³/mol. The van der Waals surface area contributed by atoms with Crippen LogP contribution in [0.3, 0.4) is 0 Å². The molecule has 0 radical (unpaired) electrons. The molecular formula is C23H28N2O5S. The van der Waals surface area contributed by atoms with Crippen LogP contribution in [0.4, 0.5) is 5.69 Å². The largest absolute Gasteiger partial charge is 0.493 e. The first kappa shape index (κ1) is 21.5. The second-order valence-corrected chi connectivity index (χ2v) is 9.96. The molecule has 2 aliphatic heterocycles. The second-order valence-electron chi connectivity index (χ2n) is 8.05. The summed E-state index contributed by atoms with van der Waals surface area (Å²) in [6.07, 6.45) is 4.54. The Morgan fingerprint density at radius 1 is 1.00 bits per heavy atom. The van der Waals surface area contributed by atoms with Gasteiger partial charge in [0.05, 0.1) is 32.2 Å². The molecule has 1 atom stereocenters. The summed E-state index contributed by atoms with van der Waals surface area (Å²) in [5.41, 5.74) is 3.21. The maximum absolute atomic E-state index is 13.4. The zero-order valence-corrected chi connectivity index (χ0v) is 18.9. The van der Waals surface area contributed by atoms with Crippen molar-refractivity contribution < 1.29 is 22.7 Å². The zero-order chi connectivity index (χ0) is 22.2. The lowest BCUT2D eigenvalue weighted by Crippen LogP contribution is -2.35. The molecule has 0 aromatic heterocycles. The smallest absolute Gasteiger partial charge is 0.254 e. The van der Waals surface area contributed by atoms with Crippen LogP contribution in [-0.4, -0.2) is 52.8 Å². The number of nitrogens with zero attached hydrogens (tertiary/aromatic N) is 2. The number of likely N-dealkylation sites (tertiary alicyclic amines) is 1. The van der Waals surface area contributed by atoms with Crippen molar-refractivity contribution in [3.63, 3.8) is 0 Å². The minimum atomic E-state index is -3.33. The highest BCUT2D eigenvalue weighted by atomic mass is 32.2. The number of sulfonamides is 1. The van der Waals surface area contributed by atoms with Gasteiger partial charge in [-0.05, 0) is 67.1 Å². The number of amides is 1. The fourth-order valence-electron chi connectivity index (χ4n) is 4.62. The van der Waals surface area contributed by atoms with Crippen molar-refractivity contribution >= 4 is 21.6 Å². The average Bonchev–Trinajstić information content (AvgIpc) is 3.26. The Kier molecular flexibility index (Phi) is 5.83. The van der Waals surface area contributed by atoms with E-state index < -0.39 is 10.0 Å². The van der Waals surface area contributed by atoms with Crippen molar-refractivity contribution in [2.45, 2.75) is 31.7 Å². The number of carbonyl (C=O) groups excluding carboxylic acids is 1. The van der Waals surface area contributed by atoms with Crippen LogP contribution in [-0.2, 0) is 16.4 Å². The van der Waals surface area contributed by atoms with E-state index >= 15 is 0 Å². The summed E-state index contributed by atoms with van der Waals surface area (Å²) in [6.45, 7) is 1.16. The van der Waals surface area contributed by atoms with Crippen LogP contribution in [0.25, 0.3) is 0 Å². The van der Waals surface area contributed by atoms with E-state index in [4.69, 9.17) is 9.47 Å². The summed E-state index contributed by atoms with van der Waals surface area (Å²) >= 11 is 0. The quantitative estimate of drug-likeness (QED) is 0.707. The number of benzene rings is 2. The standard InChI is InChI=1S/C23H28N2O5S/c1-29-21-11-9-17(15-22(21)30-2)19-7-5-12-24(19)23(26)18-8-10-20-16(14-18)6-4-13-25(20)31(3,27)28/h8-11,14-15,19H,4-7,12-13H2,1-3H3. The molecule has 4 rings (SSSR count). The SMILES string of the molecule is COc1ccc(C2CCCN2C(=O)c2ccc3c(c2)CCCN3S(C)(=O)=O)cc1OC. The second kappa shape index (κ2) is 8.42. The molecule has 0 saturated carbocycles. The van der Waals surface area contributed by atoms with Crippen LogP contribution in [0, 0.1) is 0 Å².